The number of pyridine rings is 3. The zero-order valence-electron chi connectivity index (χ0n) is 80.5. The molecular formula is C104H103BI4N30O7. The molecule has 0 fully saturated rings. The van der Waals surface area contributed by atoms with Crippen LogP contribution in [0.15, 0.2) is 340 Å². The number of esters is 2. The second kappa shape index (κ2) is 52.5. The molecule has 14 heterocycles. The Balaban J connectivity index is 0.000000147. The Hall–Kier alpha value is -15.8. The highest BCUT2D eigenvalue weighted by Crippen LogP contribution is 2.37. The molecule has 0 radical (unpaired) electrons. The van der Waals surface area contributed by atoms with Crippen LogP contribution in [0, 0.1) is 14.7 Å². The van der Waals surface area contributed by atoms with Gasteiger partial charge in [0.15, 0.2) is 17.5 Å². The molecule has 0 aliphatic rings. The quantitative estimate of drug-likeness (QED) is 0.00999. The van der Waals surface area contributed by atoms with Crippen molar-refractivity contribution in [2.24, 2.45) is 42.6 Å². The number of methoxy groups -OCH3 is 2. The molecule has 20 aromatic rings. The molecule has 0 aliphatic carbocycles. The van der Waals surface area contributed by atoms with Gasteiger partial charge in [-0.3, -0.25) is 33.9 Å². The molecule has 42 heteroatoms. The molecule has 0 saturated carbocycles. The number of H-pyrrole nitrogens is 4. The zero-order chi connectivity index (χ0) is 103. The summed E-state index contributed by atoms with van der Waals surface area (Å²) in [7, 11) is 11.6. The monoisotopic (exact) mass is 2400 g/mol. The van der Waals surface area contributed by atoms with Crippen LogP contribution in [0.5, 0.6) is 0 Å². The Kier molecular flexibility index (Phi) is 38.1. The molecule has 37 nitrogen and oxygen atoms in total. The van der Waals surface area contributed by atoms with Crippen LogP contribution in [0.3, 0.4) is 0 Å². The summed E-state index contributed by atoms with van der Waals surface area (Å²) in [6.07, 6.45) is 31.2. The largest absolute Gasteiger partial charge is 0.505 e. The van der Waals surface area contributed by atoms with Crippen molar-refractivity contribution in [3.63, 3.8) is 0 Å². The SMILES string of the molecule is CN=CC(=CN)n1ccc(I)n1.CN=CC(=CN)n1ccc(I)n1.CNC(=O)c1cnc(N(Cc2ccccc2)Cc2ccccc2)c2[nH]c(-c3ccn(-c4cnn(C)c4)n3)cc12.COC(=O)c1cnc(N(Cc2ccccc2)Cc2ccccc2)c2[nH]c(-c3ccn(-c4cnn(C)c4)n3)cc12.COC(=O)c1cnc(N(Cc2ccccc2)Cc2ccccc2)c2[nH]c(B(O)O)cc12.Cn1cc(I)cn1.Ic1ccn[nH]1. The van der Waals surface area contributed by atoms with Gasteiger partial charge < -0.3 is 66.0 Å². The molecule has 0 atom stereocenters. The number of allylic oxidation sites excluding steroid dienone is 2. The average molecular weight is 2400 g/mol. The number of nitrogens with one attached hydrogen (secondary N) is 5. The van der Waals surface area contributed by atoms with Gasteiger partial charge in [-0.1, -0.05) is 182 Å². The van der Waals surface area contributed by atoms with Crippen molar-refractivity contribution in [3.8, 4) is 34.2 Å². The lowest BCUT2D eigenvalue weighted by molar-refractivity contribution is 0.0593. The van der Waals surface area contributed by atoms with Gasteiger partial charge in [0, 0.05) is 184 Å². The Morgan fingerprint density at radius 3 is 1.07 bits per heavy atom. The van der Waals surface area contributed by atoms with E-state index in [1.165, 1.54) is 47.5 Å². The van der Waals surface area contributed by atoms with E-state index in [0.717, 1.165) is 112 Å². The van der Waals surface area contributed by atoms with Crippen molar-refractivity contribution in [1.82, 2.24) is 114 Å². The number of benzene rings is 6. The van der Waals surface area contributed by atoms with Gasteiger partial charge in [-0.15, -0.1) is 0 Å². The molecule has 0 unspecified atom stereocenters. The molecule has 0 bridgehead atoms. The number of aliphatic imine (C=N–C) groups is 2. The molecule has 6 aromatic carbocycles. The molecule has 0 saturated heterocycles. The number of carbonyl (C=O) groups is 3. The summed E-state index contributed by atoms with van der Waals surface area (Å²) in [5.74, 6) is 0.930. The van der Waals surface area contributed by atoms with Crippen LogP contribution in [-0.2, 0) is 69.9 Å². The summed E-state index contributed by atoms with van der Waals surface area (Å²) >= 11 is 8.64. The first-order chi connectivity index (χ1) is 71.0. The van der Waals surface area contributed by atoms with E-state index < -0.39 is 19.1 Å². The number of rotatable bonds is 27. The van der Waals surface area contributed by atoms with Crippen molar-refractivity contribution < 1.29 is 33.9 Å². The molecule has 14 aromatic heterocycles. The Morgan fingerprint density at radius 1 is 0.445 bits per heavy atom. The van der Waals surface area contributed by atoms with Crippen LogP contribution >= 0.6 is 90.4 Å². The minimum absolute atomic E-state index is 0.175. The first kappa shape index (κ1) is 106. The number of hydrogen-bond donors (Lipinski definition) is 9. The van der Waals surface area contributed by atoms with Gasteiger partial charge in [-0.25, -0.2) is 43.3 Å². The standard InChI is InChI=1S/C30H28N8O.C30H27N7O2.C23H22BN3O4.2C7H9IN4.C4H5IN2.C3H3IN2/c1-31-30(39)25-17-32-29(37(18-21-9-5-3-6-10-21)19-22-11-7-4-8-12-22)28-24(25)15-27(34-28)26-13-14-38(35-26)23-16-33-36(2)20-23;1-35-20-23(16-32-35)37-14-13-26(34-37)27-15-24-25(30(38)39-2)17-31-29(28(24)33-27)36(18-21-9-5-3-6-10-21)19-22-11-7-4-8-12-22;1-31-23(28)19-13-25-22(21-18(19)12-20(26-21)24(29)30)27(14-16-8-4-2-5-9-16)15-17-10-6-3-7-11-17;2*1-10-5-6(4-9)12-3-2-7(8)11-12;1-7-3-4(5)2-6-7;4-3-1-2-5-6-3/h3-17,20,34H,18-19H2,1-2H3,(H,31,39);3-17,20,33H,18-19H2,1-2H3;2-13,26,29-30H,14-15H2,1H3;2*2-5H,9H2,1H3;2-3H,1H3;1-2H,(H,5,6). The van der Waals surface area contributed by atoms with Gasteiger partial charge in [-0.2, -0.15) is 40.8 Å². The highest BCUT2D eigenvalue weighted by Gasteiger charge is 2.28. The molecule has 742 valence electrons. The van der Waals surface area contributed by atoms with E-state index in [-0.39, 0.29) is 17.1 Å². The van der Waals surface area contributed by atoms with Gasteiger partial charge in [0.1, 0.15) is 30.2 Å². The van der Waals surface area contributed by atoms with Crippen molar-refractivity contribution in [2.75, 3.05) is 50.1 Å². The minimum atomic E-state index is -1.71. The third kappa shape index (κ3) is 28.6. The number of nitrogens with two attached hydrogens (primary N) is 2. The Labute approximate surface area is 895 Å². The zero-order valence-corrected chi connectivity index (χ0v) is 89.2. The highest BCUT2D eigenvalue weighted by atomic mass is 127. The van der Waals surface area contributed by atoms with Crippen molar-refractivity contribution in [2.45, 2.75) is 39.3 Å². The van der Waals surface area contributed by atoms with Crippen molar-refractivity contribution in [1.29, 1.82) is 0 Å². The number of aryl methyl sites for hydroxylation is 3. The van der Waals surface area contributed by atoms with Crippen LogP contribution in [0.1, 0.15) is 64.5 Å². The third-order valence-electron chi connectivity index (χ3n) is 22.0. The molecule has 0 spiro atoms. The van der Waals surface area contributed by atoms with E-state index in [9.17, 15) is 24.4 Å². The first-order valence-corrected chi connectivity index (χ1v) is 49.6. The summed E-state index contributed by atoms with van der Waals surface area (Å²) in [6, 6.07) is 76.2. The lowest BCUT2D eigenvalue weighted by Crippen LogP contribution is -2.30. The second-order valence-electron chi connectivity index (χ2n) is 32.3. The predicted molar refractivity (Wildman–Crippen MR) is 604 cm³/mol. The maximum absolute atomic E-state index is 12.8. The van der Waals surface area contributed by atoms with Crippen LogP contribution in [0.4, 0.5) is 17.5 Å². The number of amides is 1. The number of carbonyl (C=O) groups excluding carboxylic acids is 3. The van der Waals surface area contributed by atoms with E-state index >= 15 is 0 Å². The summed E-state index contributed by atoms with van der Waals surface area (Å²) in [5, 5.41) is 60.8. The lowest BCUT2D eigenvalue weighted by atomic mass is 9.86. The summed E-state index contributed by atoms with van der Waals surface area (Å²) in [4.78, 5) is 76.3. The highest BCUT2D eigenvalue weighted by molar-refractivity contribution is 14.1. The fourth-order valence-corrected chi connectivity index (χ4v) is 16.8. The molecule has 20 rings (SSSR count). The van der Waals surface area contributed by atoms with Gasteiger partial charge >= 0.3 is 19.1 Å². The second-order valence-corrected chi connectivity index (χ2v) is 36.9. The van der Waals surface area contributed by atoms with Crippen LogP contribution in [0.25, 0.3) is 78.3 Å². The molecular weight excluding hydrogens is 2300 g/mol. The Morgan fingerprint density at radius 2 is 0.795 bits per heavy atom. The topological polar surface area (TPSA) is 448 Å². The number of ether oxygens (including phenoxy) is 2. The predicted octanol–water partition coefficient (Wildman–Crippen LogP) is 16.0. The van der Waals surface area contributed by atoms with E-state index in [1.807, 2.05) is 247 Å². The number of aromatic amines is 4. The van der Waals surface area contributed by atoms with Crippen LogP contribution < -0.4 is 37.1 Å². The van der Waals surface area contributed by atoms with E-state index in [4.69, 9.17) is 41.1 Å². The number of halogens is 4. The van der Waals surface area contributed by atoms with Crippen molar-refractivity contribution >= 4 is 195 Å². The molecule has 1 amide bonds. The number of hydrogen-bond acceptors (Lipinski definition) is 25. The van der Waals surface area contributed by atoms with Crippen LogP contribution in [-0.4, -0.2) is 191 Å². The van der Waals surface area contributed by atoms with Gasteiger partial charge in [0.25, 0.3) is 5.91 Å². The maximum atomic E-state index is 12.8. The maximum Gasteiger partial charge on any atom is 0.505 e. The van der Waals surface area contributed by atoms with E-state index in [1.54, 1.807) is 103 Å². The lowest BCUT2D eigenvalue weighted by Gasteiger charge is -2.25. The third-order valence-corrected chi connectivity index (χ3v) is 24.3. The van der Waals surface area contributed by atoms with Crippen LogP contribution in [0.2, 0.25) is 0 Å². The number of aromatic nitrogens is 22. The average Bonchev–Trinajstić information content (AvgIpc) is 1.62. The fourth-order valence-electron chi connectivity index (χ4n) is 15.2. The smallest absolute Gasteiger partial charge is 0.465 e. The number of fused-ring (bicyclic) bond motifs is 3. The molecule has 146 heavy (non-hydrogen) atoms. The van der Waals surface area contributed by atoms with Gasteiger partial charge in [-0.05, 0) is 172 Å². The normalized spacial score (nSPS) is 11.1. The van der Waals surface area contributed by atoms with Gasteiger partial charge in [0.2, 0.25) is 0 Å². The van der Waals surface area contributed by atoms with E-state index in [2.05, 4.69) is 225 Å². The van der Waals surface area contributed by atoms with E-state index in [0.29, 0.717) is 67.1 Å². The fraction of sp³-hybridized carbons (Fsp3) is 0.135. The summed E-state index contributed by atoms with van der Waals surface area (Å²) < 4.78 is 26.2. The minimum Gasteiger partial charge on any atom is -0.465 e. The Bertz CT molecular complexity index is 7290. The van der Waals surface area contributed by atoms with Crippen molar-refractivity contribution in [3.05, 3.63) is 394 Å². The van der Waals surface area contributed by atoms with Gasteiger partial charge in [0.05, 0.1) is 108 Å². The number of anilines is 3. The summed E-state index contributed by atoms with van der Waals surface area (Å²) in [5.41, 5.74) is 27.3. The molecule has 11 N–H and O–H groups in total. The first-order valence-electron chi connectivity index (χ1n) is 45.3. The molecule has 0 aliphatic heterocycles. The number of nitrogens with zero attached hydrogens (tertiary/aromatic N) is 23. The summed E-state index contributed by atoms with van der Waals surface area (Å²) in [6.45, 7) is 3.73.